The van der Waals surface area contributed by atoms with Crippen LogP contribution in [0.3, 0.4) is 0 Å². The topological polar surface area (TPSA) is 71.3 Å². The molecule has 0 saturated heterocycles. The van der Waals surface area contributed by atoms with Crippen LogP contribution < -0.4 is 14.8 Å². The maximum absolute atomic E-state index is 12.0. The van der Waals surface area contributed by atoms with Gasteiger partial charge in [0.2, 0.25) is 0 Å². The van der Waals surface area contributed by atoms with Crippen LogP contribution in [0.1, 0.15) is 26.3 Å². The average Bonchev–Trinajstić information content (AvgIpc) is 2.51. The van der Waals surface area contributed by atoms with E-state index in [-0.39, 0.29) is 18.2 Å². The van der Waals surface area contributed by atoms with Gasteiger partial charge in [-0.2, -0.15) is 5.26 Å². The fourth-order valence-corrected chi connectivity index (χ4v) is 2.42. The quantitative estimate of drug-likeness (QED) is 0.440. The molecule has 0 aliphatic heterocycles. The van der Waals surface area contributed by atoms with Gasteiger partial charge >= 0.3 is 0 Å². The van der Waals surface area contributed by atoms with Crippen LogP contribution in [-0.2, 0) is 4.79 Å². The molecule has 0 aromatic heterocycles. The first kappa shape index (κ1) is 19.6. The van der Waals surface area contributed by atoms with Crippen molar-refractivity contribution in [2.45, 2.75) is 26.8 Å². The van der Waals surface area contributed by atoms with Gasteiger partial charge in [0.1, 0.15) is 18.2 Å². The van der Waals surface area contributed by atoms with Gasteiger partial charge in [-0.15, -0.1) is 6.42 Å². The predicted molar refractivity (Wildman–Crippen MR) is 96.5 cm³/mol. The maximum atomic E-state index is 12.0. The third-order valence-corrected chi connectivity index (χ3v) is 3.32. The van der Waals surface area contributed by atoms with Crippen LogP contribution in [0.5, 0.6) is 11.5 Å². The first-order valence-corrected chi connectivity index (χ1v) is 8.17. The Morgan fingerprint density at radius 1 is 1.46 bits per heavy atom. The molecule has 1 aromatic rings. The first-order valence-electron chi connectivity index (χ1n) is 7.38. The lowest BCUT2D eigenvalue weighted by Crippen LogP contribution is -2.30. The summed E-state index contributed by atoms with van der Waals surface area (Å²) < 4.78 is 11.7. The van der Waals surface area contributed by atoms with E-state index in [4.69, 9.17) is 15.9 Å². The molecule has 126 valence electrons. The molecule has 0 fully saturated rings. The largest absolute Gasteiger partial charge is 0.490 e. The average molecular weight is 391 g/mol. The van der Waals surface area contributed by atoms with E-state index in [0.29, 0.717) is 28.1 Å². The molecule has 6 heteroatoms. The third-order valence-electron chi connectivity index (χ3n) is 2.73. The van der Waals surface area contributed by atoms with E-state index in [0.717, 1.165) is 0 Å². The van der Waals surface area contributed by atoms with Gasteiger partial charge < -0.3 is 14.8 Å². The Balaban J connectivity index is 3.24. The number of rotatable bonds is 7. The van der Waals surface area contributed by atoms with E-state index in [1.54, 1.807) is 12.1 Å². The molecule has 0 unspecified atom stereocenters. The van der Waals surface area contributed by atoms with Gasteiger partial charge in [-0.1, -0.05) is 5.92 Å². The fourth-order valence-electron chi connectivity index (χ4n) is 1.84. The highest BCUT2D eigenvalue weighted by Crippen LogP contribution is 2.37. The summed E-state index contributed by atoms with van der Waals surface area (Å²) in [4.78, 5) is 12.0. The Kier molecular flexibility index (Phi) is 7.88. The second-order valence-corrected chi connectivity index (χ2v) is 5.91. The minimum atomic E-state index is -0.422. The maximum Gasteiger partial charge on any atom is 0.262 e. The number of nitriles is 1. The van der Waals surface area contributed by atoms with Crippen molar-refractivity contribution in [2.75, 3.05) is 13.2 Å². The molecule has 0 radical (unpaired) electrons. The zero-order valence-corrected chi connectivity index (χ0v) is 15.4. The second-order valence-electron chi connectivity index (χ2n) is 5.05. The number of carbonyl (C=O) groups excluding carboxylic acids is 1. The molecular formula is C18H19BrN2O3. The molecule has 24 heavy (non-hydrogen) atoms. The van der Waals surface area contributed by atoms with Crippen LogP contribution in [-0.4, -0.2) is 25.2 Å². The van der Waals surface area contributed by atoms with E-state index in [9.17, 15) is 10.1 Å². The number of ether oxygens (including phenoxy) is 2. The Morgan fingerprint density at radius 2 is 2.17 bits per heavy atom. The first-order chi connectivity index (χ1) is 11.4. The zero-order chi connectivity index (χ0) is 18.1. The number of halogens is 1. The number of nitrogens with one attached hydrogen (secondary N) is 1. The number of benzene rings is 1. The molecule has 5 nitrogen and oxygen atoms in total. The van der Waals surface area contributed by atoms with Crippen molar-refractivity contribution < 1.29 is 14.3 Å². The van der Waals surface area contributed by atoms with Crippen LogP contribution >= 0.6 is 15.9 Å². The molecule has 0 saturated carbocycles. The molecule has 1 amide bonds. The Morgan fingerprint density at radius 3 is 2.71 bits per heavy atom. The van der Waals surface area contributed by atoms with Gasteiger partial charge in [0.05, 0.1) is 11.1 Å². The Labute approximate surface area is 150 Å². The van der Waals surface area contributed by atoms with Crippen molar-refractivity contribution in [2.24, 2.45) is 0 Å². The minimum Gasteiger partial charge on any atom is -0.490 e. The molecule has 0 heterocycles. The molecule has 0 bridgehead atoms. The number of hydrogen-bond acceptors (Lipinski definition) is 4. The van der Waals surface area contributed by atoms with Crippen LogP contribution in [0.15, 0.2) is 22.2 Å². The number of hydrogen-bond donors (Lipinski definition) is 1. The highest BCUT2D eigenvalue weighted by Gasteiger charge is 2.14. The Hall–Kier alpha value is -2.44. The number of terminal acetylenes is 1. The summed E-state index contributed by atoms with van der Waals surface area (Å²) in [6, 6.07) is 5.28. The standard InChI is InChI=1S/C18H19BrN2O3/c1-5-7-24-17-15(19)9-13(10-16(17)23-6-2)8-14(11-20)18(22)21-12(3)4/h1,8-10,12H,6-7H2,2-4H3,(H,21,22)/b14-8-. The summed E-state index contributed by atoms with van der Waals surface area (Å²) >= 11 is 3.40. The normalized spacial score (nSPS) is 10.7. The zero-order valence-electron chi connectivity index (χ0n) is 13.9. The predicted octanol–water partition coefficient (Wildman–Crippen LogP) is 3.29. The monoisotopic (exact) mass is 390 g/mol. The summed E-state index contributed by atoms with van der Waals surface area (Å²) in [6.07, 6.45) is 6.71. The summed E-state index contributed by atoms with van der Waals surface area (Å²) in [7, 11) is 0. The van der Waals surface area contributed by atoms with Crippen molar-refractivity contribution >= 4 is 27.9 Å². The highest BCUT2D eigenvalue weighted by molar-refractivity contribution is 9.10. The molecule has 0 aliphatic carbocycles. The highest BCUT2D eigenvalue weighted by atomic mass is 79.9. The molecule has 0 aliphatic rings. The summed E-state index contributed by atoms with van der Waals surface area (Å²) in [5, 5.41) is 11.9. The van der Waals surface area contributed by atoms with Crippen molar-refractivity contribution in [3.63, 3.8) is 0 Å². The molecule has 0 atom stereocenters. The molecular weight excluding hydrogens is 372 g/mol. The second kappa shape index (κ2) is 9.64. The molecule has 1 aromatic carbocycles. The van der Waals surface area contributed by atoms with Crippen LogP contribution in [0.4, 0.5) is 0 Å². The summed E-state index contributed by atoms with van der Waals surface area (Å²) in [5.74, 6) is 2.94. The lowest BCUT2D eigenvalue weighted by molar-refractivity contribution is -0.117. The van der Waals surface area contributed by atoms with Crippen LogP contribution in [0.2, 0.25) is 0 Å². The van der Waals surface area contributed by atoms with Gasteiger partial charge in [0.15, 0.2) is 11.5 Å². The van der Waals surface area contributed by atoms with Gasteiger partial charge in [0.25, 0.3) is 5.91 Å². The van der Waals surface area contributed by atoms with E-state index in [1.807, 2.05) is 26.8 Å². The van der Waals surface area contributed by atoms with Crippen LogP contribution in [0.25, 0.3) is 6.08 Å². The lowest BCUT2D eigenvalue weighted by Gasteiger charge is -2.13. The van der Waals surface area contributed by atoms with E-state index >= 15 is 0 Å². The SMILES string of the molecule is C#CCOc1c(Br)cc(/C=C(/C#N)C(=O)NC(C)C)cc1OCC. The van der Waals surface area contributed by atoms with Gasteiger partial charge in [-0.05, 0) is 60.5 Å². The number of nitrogens with zero attached hydrogens (tertiary/aromatic N) is 1. The number of carbonyl (C=O) groups is 1. The Bertz CT molecular complexity index is 712. The fraction of sp³-hybridized carbons (Fsp3) is 0.333. The van der Waals surface area contributed by atoms with Crippen molar-refractivity contribution in [3.05, 3.63) is 27.7 Å². The lowest BCUT2D eigenvalue weighted by atomic mass is 10.1. The minimum absolute atomic E-state index is 0.00958. The summed E-state index contributed by atoms with van der Waals surface area (Å²) in [6.45, 7) is 6.04. The molecule has 1 rings (SSSR count). The van der Waals surface area contributed by atoms with Gasteiger partial charge in [0, 0.05) is 6.04 Å². The van der Waals surface area contributed by atoms with Gasteiger partial charge in [-0.3, -0.25) is 4.79 Å². The van der Waals surface area contributed by atoms with Gasteiger partial charge in [-0.25, -0.2) is 0 Å². The van der Waals surface area contributed by atoms with E-state index in [1.165, 1.54) is 6.08 Å². The third kappa shape index (κ3) is 5.64. The number of amides is 1. The molecule has 1 N–H and O–H groups in total. The smallest absolute Gasteiger partial charge is 0.262 e. The van der Waals surface area contributed by atoms with Crippen molar-refractivity contribution in [1.82, 2.24) is 5.32 Å². The van der Waals surface area contributed by atoms with E-state index in [2.05, 4.69) is 27.2 Å². The van der Waals surface area contributed by atoms with Crippen molar-refractivity contribution in [1.29, 1.82) is 5.26 Å². The van der Waals surface area contributed by atoms with Crippen molar-refractivity contribution in [3.8, 4) is 29.9 Å². The molecule has 0 spiro atoms. The van der Waals surface area contributed by atoms with Crippen LogP contribution in [0, 0.1) is 23.7 Å². The van der Waals surface area contributed by atoms with E-state index < -0.39 is 5.91 Å². The summed E-state index contributed by atoms with van der Waals surface area (Å²) in [5.41, 5.74) is 0.643.